The van der Waals surface area contributed by atoms with E-state index in [4.69, 9.17) is 5.73 Å². The van der Waals surface area contributed by atoms with E-state index in [-0.39, 0.29) is 0 Å². The largest absolute Gasteiger partial charge is 0.397 e. The Bertz CT molecular complexity index is 547. The molecule has 0 saturated carbocycles. The predicted octanol–water partition coefficient (Wildman–Crippen LogP) is 0.566. The van der Waals surface area contributed by atoms with Crippen LogP contribution in [0.1, 0.15) is 0 Å². The summed E-state index contributed by atoms with van der Waals surface area (Å²) in [6.45, 7) is 0. The van der Waals surface area contributed by atoms with Crippen molar-refractivity contribution in [2.45, 2.75) is 4.90 Å². The van der Waals surface area contributed by atoms with E-state index in [1.807, 2.05) is 0 Å². The van der Waals surface area contributed by atoms with Gasteiger partial charge in [0.15, 0.2) is 5.82 Å². The Morgan fingerprint density at radius 1 is 1.41 bits per heavy atom. The molecule has 9 heteroatoms. The van der Waals surface area contributed by atoms with Gasteiger partial charge in [0, 0.05) is 20.2 Å². The molecule has 0 amide bonds. The van der Waals surface area contributed by atoms with E-state index < -0.39 is 37.0 Å². The Morgan fingerprint density at radius 3 is 2.29 bits per heavy atom. The molecule has 0 saturated heterocycles. The van der Waals surface area contributed by atoms with Gasteiger partial charge in [-0.05, 0) is 0 Å². The molecule has 2 N–H and O–H groups in total. The van der Waals surface area contributed by atoms with Crippen LogP contribution in [0.3, 0.4) is 0 Å². The van der Waals surface area contributed by atoms with Crippen molar-refractivity contribution >= 4 is 21.4 Å². The van der Waals surface area contributed by atoms with Crippen LogP contribution >= 0.6 is 0 Å². The highest BCUT2D eigenvalue weighted by Gasteiger charge is 2.27. The molecule has 17 heavy (non-hydrogen) atoms. The molecular formula is C8H10FN3O4S. The van der Waals surface area contributed by atoms with Crippen molar-refractivity contribution in [3.05, 3.63) is 28.1 Å². The van der Waals surface area contributed by atoms with E-state index in [1.165, 1.54) is 14.1 Å². The highest BCUT2D eigenvalue weighted by Crippen LogP contribution is 2.28. The van der Waals surface area contributed by atoms with Crippen LogP contribution in [0, 0.1) is 15.9 Å². The molecule has 1 rings (SSSR count). The van der Waals surface area contributed by atoms with Crippen LogP contribution in [0.4, 0.5) is 15.8 Å². The monoisotopic (exact) mass is 263 g/mol. The van der Waals surface area contributed by atoms with Gasteiger partial charge in [0.1, 0.15) is 4.90 Å². The maximum Gasteiger partial charge on any atom is 0.274 e. The first-order valence-corrected chi connectivity index (χ1v) is 5.78. The number of nitro benzene ring substituents is 1. The van der Waals surface area contributed by atoms with Gasteiger partial charge in [0.2, 0.25) is 10.0 Å². The predicted molar refractivity (Wildman–Crippen MR) is 58.3 cm³/mol. The molecule has 1 aromatic rings. The first-order chi connectivity index (χ1) is 7.67. The summed E-state index contributed by atoms with van der Waals surface area (Å²) in [5.41, 5.74) is 4.24. The first-order valence-electron chi connectivity index (χ1n) is 4.34. The number of nitrogens with two attached hydrogens (primary N) is 1. The van der Waals surface area contributed by atoms with E-state index in [9.17, 15) is 22.9 Å². The molecule has 0 heterocycles. The third-order valence-corrected chi connectivity index (χ3v) is 3.91. The highest BCUT2D eigenvalue weighted by atomic mass is 32.2. The lowest BCUT2D eigenvalue weighted by molar-refractivity contribution is -0.385. The summed E-state index contributed by atoms with van der Waals surface area (Å²) in [5.74, 6) is -1.24. The van der Waals surface area contributed by atoms with Crippen molar-refractivity contribution in [2.24, 2.45) is 0 Å². The van der Waals surface area contributed by atoms with Crippen molar-refractivity contribution < 1.29 is 17.7 Å². The zero-order chi connectivity index (χ0) is 13.4. The molecule has 0 aliphatic heterocycles. The van der Waals surface area contributed by atoms with Crippen LogP contribution in [0.15, 0.2) is 17.0 Å². The number of non-ortho nitro benzene ring substituents is 1. The van der Waals surface area contributed by atoms with Crippen LogP contribution in [0.2, 0.25) is 0 Å². The quantitative estimate of drug-likeness (QED) is 0.487. The number of sulfonamides is 1. The second kappa shape index (κ2) is 4.26. The number of hydrogen-bond acceptors (Lipinski definition) is 5. The minimum atomic E-state index is -4.07. The molecule has 0 radical (unpaired) electrons. The average Bonchev–Trinajstić information content (AvgIpc) is 2.15. The van der Waals surface area contributed by atoms with Crippen LogP contribution in [0.25, 0.3) is 0 Å². The topological polar surface area (TPSA) is 107 Å². The molecule has 0 fully saturated rings. The summed E-state index contributed by atoms with van der Waals surface area (Å²) in [6, 6.07) is 1.33. The Labute approximate surface area is 96.8 Å². The van der Waals surface area contributed by atoms with Crippen molar-refractivity contribution in [3.8, 4) is 0 Å². The Kier molecular flexibility index (Phi) is 3.34. The number of nitro groups is 1. The van der Waals surface area contributed by atoms with Crippen molar-refractivity contribution in [2.75, 3.05) is 19.8 Å². The van der Waals surface area contributed by atoms with E-state index in [1.54, 1.807) is 0 Å². The molecule has 1 aromatic carbocycles. The molecule has 0 spiro atoms. The fraction of sp³-hybridized carbons (Fsp3) is 0.250. The van der Waals surface area contributed by atoms with Crippen LogP contribution in [0.5, 0.6) is 0 Å². The zero-order valence-electron chi connectivity index (χ0n) is 9.05. The first kappa shape index (κ1) is 13.3. The zero-order valence-corrected chi connectivity index (χ0v) is 9.86. The molecule has 0 aliphatic rings. The van der Waals surface area contributed by atoms with Gasteiger partial charge in [0.25, 0.3) is 5.69 Å². The molecule has 0 aromatic heterocycles. The highest BCUT2D eigenvalue weighted by molar-refractivity contribution is 7.89. The van der Waals surface area contributed by atoms with Gasteiger partial charge in [-0.25, -0.2) is 17.1 Å². The normalized spacial score (nSPS) is 11.8. The molecule has 94 valence electrons. The van der Waals surface area contributed by atoms with Crippen LogP contribution in [-0.2, 0) is 10.0 Å². The molecule has 0 bridgehead atoms. The third-order valence-electron chi connectivity index (χ3n) is 2.01. The minimum absolute atomic E-state index is 0.495. The number of rotatable bonds is 3. The lowest BCUT2D eigenvalue weighted by atomic mass is 10.3. The number of halogens is 1. The molecule has 0 atom stereocenters. The number of nitrogens with zero attached hydrogens (tertiary/aromatic N) is 2. The average molecular weight is 263 g/mol. The summed E-state index contributed by atoms with van der Waals surface area (Å²) in [4.78, 5) is 8.81. The van der Waals surface area contributed by atoms with E-state index in [2.05, 4.69) is 0 Å². The van der Waals surface area contributed by atoms with Crippen molar-refractivity contribution in [3.63, 3.8) is 0 Å². The van der Waals surface area contributed by atoms with E-state index in [0.717, 1.165) is 10.4 Å². The van der Waals surface area contributed by atoms with Gasteiger partial charge in [-0.15, -0.1) is 0 Å². The fourth-order valence-corrected chi connectivity index (χ4v) is 2.19. The minimum Gasteiger partial charge on any atom is -0.397 e. The Morgan fingerprint density at radius 2 is 1.94 bits per heavy atom. The summed E-state index contributed by atoms with van der Waals surface area (Å²) in [7, 11) is -1.66. The fourth-order valence-electron chi connectivity index (χ4n) is 1.16. The van der Waals surface area contributed by atoms with Crippen LogP contribution < -0.4 is 5.73 Å². The summed E-state index contributed by atoms with van der Waals surface area (Å²) in [5, 5.41) is 10.4. The second-order valence-electron chi connectivity index (χ2n) is 3.39. The van der Waals surface area contributed by atoms with E-state index in [0.29, 0.717) is 6.07 Å². The Hall–Kier alpha value is -1.74. The lowest BCUT2D eigenvalue weighted by Gasteiger charge is -2.13. The summed E-state index contributed by atoms with van der Waals surface area (Å²) in [6.07, 6.45) is 0. The van der Waals surface area contributed by atoms with E-state index >= 15 is 0 Å². The van der Waals surface area contributed by atoms with Crippen LogP contribution in [-0.4, -0.2) is 31.7 Å². The molecule has 0 aliphatic carbocycles. The maximum absolute atomic E-state index is 13.5. The molecule has 7 nitrogen and oxygen atoms in total. The third kappa shape index (κ3) is 2.34. The SMILES string of the molecule is CN(C)S(=O)(=O)c1c(N)cc([N+](=O)[O-])cc1F. The smallest absolute Gasteiger partial charge is 0.274 e. The van der Waals surface area contributed by atoms with Crippen molar-refractivity contribution in [1.29, 1.82) is 0 Å². The number of benzene rings is 1. The standard InChI is InChI=1S/C8H10FN3O4S/c1-11(2)17(15,16)8-6(9)3-5(12(13)14)4-7(8)10/h3-4H,10H2,1-2H3. The second-order valence-corrected chi connectivity index (χ2v) is 5.48. The number of anilines is 1. The summed E-state index contributed by atoms with van der Waals surface area (Å²) < 4.78 is 37.7. The van der Waals surface area contributed by atoms with Gasteiger partial charge < -0.3 is 5.73 Å². The number of nitrogen functional groups attached to an aromatic ring is 1. The molecular weight excluding hydrogens is 253 g/mol. The summed E-state index contributed by atoms with van der Waals surface area (Å²) >= 11 is 0. The maximum atomic E-state index is 13.5. The molecule has 0 unspecified atom stereocenters. The number of hydrogen-bond donors (Lipinski definition) is 1. The van der Waals surface area contributed by atoms with Gasteiger partial charge >= 0.3 is 0 Å². The van der Waals surface area contributed by atoms with Crippen molar-refractivity contribution in [1.82, 2.24) is 4.31 Å². The van der Waals surface area contributed by atoms with Gasteiger partial charge in [0.05, 0.1) is 16.7 Å². The lowest BCUT2D eigenvalue weighted by Crippen LogP contribution is -2.24. The Balaban J connectivity index is 3.54. The van der Waals surface area contributed by atoms with Gasteiger partial charge in [-0.1, -0.05) is 0 Å². The van der Waals surface area contributed by atoms with Gasteiger partial charge in [-0.2, -0.15) is 0 Å². The van der Waals surface area contributed by atoms with Gasteiger partial charge in [-0.3, -0.25) is 10.1 Å².